The lowest BCUT2D eigenvalue weighted by molar-refractivity contribution is 0.0524. The Bertz CT molecular complexity index is 1090. The van der Waals surface area contributed by atoms with Crippen LogP contribution in [0.3, 0.4) is 0 Å². The van der Waals surface area contributed by atoms with Gasteiger partial charge in [0.25, 0.3) is 5.91 Å². The van der Waals surface area contributed by atoms with Crippen LogP contribution in [0.4, 0.5) is 10.8 Å². The third-order valence-corrected chi connectivity index (χ3v) is 5.81. The molecular formula is C21H22N4O4S. The number of hydrogen-bond acceptors (Lipinski definition) is 8. The molecule has 2 aromatic heterocycles. The number of rotatable bonds is 5. The fraction of sp³-hybridized carbons (Fsp3) is 0.333. The Morgan fingerprint density at radius 2 is 2.00 bits per heavy atom. The second kappa shape index (κ2) is 8.76. The van der Waals surface area contributed by atoms with Gasteiger partial charge >= 0.3 is 5.97 Å². The minimum absolute atomic E-state index is 0.235. The smallest absolute Gasteiger partial charge is 0.339 e. The van der Waals surface area contributed by atoms with E-state index in [1.807, 2.05) is 18.2 Å². The van der Waals surface area contributed by atoms with Crippen LogP contribution >= 0.6 is 11.3 Å². The number of morpholine rings is 1. The van der Waals surface area contributed by atoms with Gasteiger partial charge in [-0.1, -0.05) is 11.3 Å². The minimum atomic E-state index is -0.443. The van der Waals surface area contributed by atoms with Crippen molar-refractivity contribution >= 4 is 44.2 Å². The highest BCUT2D eigenvalue weighted by molar-refractivity contribution is 7.22. The Balaban J connectivity index is 1.50. The first-order valence-electron chi connectivity index (χ1n) is 9.74. The highest BCUT2D eigenvalue weighted by atomic mass is 32.1. The van der Waals surface area contributed by atoms with Gasteiger partial charge in [0.1, 0.15) is 5.69 Å². The summed E-state index contributed by atoms with van der Waals surface area (Å²) in [5.74, 6) is -0.785. The van der Waals surface area contributed by atoms with Gasteiger partial charge < -0.3 is 19.7 Å². The standard InChI is InChI=1S/C21H22N4O4S/c1-3-29-20(27)15-5-7-17(22-13(15)2)19(26)23-14-4-6-16-18(12-14)30-21(24-16)25-8-10-28-11-9-25/h4-7,12H,3,8-11H2,1-2H3,(H,23,26). The molecule has 9 heteroatoms. The molecule has 0 unspecified atom stereocenters. The van der Waals surface area contributed by atoms with E-state index in [9.17, 15) is 9.59 Å². The van der Waals surface area contributed by atoms with Gasteiger partial charge in [0.15, 0.2) is 5.13 Å². The Kier molecular flexibility index (Phi) is 5.91. The molecule has 1 fully saturated rings. The summed E-state index contributed by atoms with van der Waals surface area (Å²) in [7, 11) is 0. The molecule has 1 N–H and O–H groups in total. The molecule has 30 heavy (non-hydrogen) atoms. The maximum Gasteiger partial charge on any atom is 0.339 e. The fourth-order valence-electron chi connectivity index (χ4n) is 3.19. The normalized spacial score (nSPS) is 14.0. The molecule has 0 atom stereocenters. The molecule has 1 aromatic carbocycles. The van der Waals surface area contributed by atoms with E-state index in [0.29, 0.717) is 30.2 Å². The molecule has 3 heterocycles. The van der Waals surface area contributed by atoms with Crippen molar-refractivity contribution in [2.24, 2.45) is 0 Å². The lowest BCUT2D eigenvalue weighted by atomic mass is 10.2. The number of benzene rings is 1. The number of anilines is 2. The van der Waals surface area contributed by atoms with E-state index in [0.717, 1.165) is 28.4 Å². The highest BCUT2D eigenvalue weighted by Gasteiger charge is 2.17. The highest BCUT2D eigenvalue weighted by Crippen LogP contribution is 2.31. The van der Waals surface area contributed by atoms with Gasteiger partial charge in [-0.05, 0) is 44.2 Å². The number of hydrogen-bond donors (Lipinski definition) is 1. The van der Waals surface area contributed by atoms with E-state index in [2.05, 4.69) is 20.2 Å². The zero-order valence-corrected chi connectivity index (χ0v) is 17.6. The lowest BCUT2D eigenvalue weighted by Crippen LogP contribution is -2.36. The van der Waals surface area contributed by atoms with Gasteiger partial charge in [0.05, 0.1) is 41.3 Å². The number of thiazole rings is 1. The fourth-order valence-corrected chi connectivity index (χ4v) is 4.24. The number of carbonyl (C=O) groups excluding carboxylic acids is 2. The van der Waals surface area contributed by atoms with E-state index in [-0.39, 0.29) is 18.2 Å². The van der Waals surface area contributed by atoms with Crippen LogP contribution in [0, 0.1) is 6.92 Å². The van der Waals surface area contributed by atoms with Crippen molar-refractivity contribution in [2.75, 3.05) is 43.1 Å². The maximum absolute atomic E-state index is 12.6. The predicted molar refractivity (Wildman–Crippen MR) is 116 cm³/mol. The van der Waals surface area contributed by atoms with Crippen LogP contribution < -0.4 is 10.2 Å². The van der Waals surface area contributed by atoms with Crippen LogP contribution in [0.2, 0.25) is 0 Å². The number of carbonyl (C=O) groups is 2. The Labute approximate surface area is 177 Å². The molecule has 156 valence electrons. The average molecular weight is 426 g/mol. The lowest BCUT2D eigenvalue weighted by Gasteiger charge is -2.25. The number of amides is 1. The SMILES string of the molecule is CCOC(=O)c1ccc(C(=O)Nc2ccc3nc(N4CCOCC4)sc3c2)nc1C. The van der Waals surface area contributed by atoms with Gasteiger partial charge in [0, 0.05) is 18.8 Å². The van der Waals surface area contributed by atoms with Crippen molar-refractivity contribution < 1.29 is 19.1 Å². The summed E-state index contributed by atoms with van der Waals surface area (Å²) in [6.45, 7) is 6.78. The molecular weight excluding hydrogens is 404 g/mol. The molecule has 3 aromatic rings. The Morgan fingerprint density at radius 1 is 1.20 bits per heavy atom. The zero-order valence-electron chi connectivity index (χ0n) is 16.8. The van der Waals surface area contributed by atoms with Gasteiger partial charge in [-0.3, -0.25) is 4.79 Å². The van der Waals surface area contributed by atoms with E-state index < -0.39 is 5.97 Å². The maximum atomic E-state index is 12.6. The quantitative estimate of drug-likeness (QED) is 0.626. The second-order valence-electron chi connectivity index (χ2n) is 6.78. The molecule has 1 amide bonds. The van der Waals surface area contributed by atoms with E-state index >= 15 is 0 Å². The molecule has 0 saturated carbocycles. The average Bonchev–Trinajstić information content (AvgIpc) is 3.18. The van der Waals surface area contributed by atoms with Crippen molar-refractivity contribution in [1.29, 1.82) is 0 Å². The van der Waals surface area contributed by atoms with E-state index in [1.165, 1.54) is 6.07 Å². The van der Waals surface area contributed by atoms with Crippen molar-refractivity contribution in [2.45, 2.75) is 13.8 Å². The second-order valence-corrected chi connectivity index (χ2v) is 7.79. The summed E-state index contributed by atoms with van der Waals surface area (Å²) >= 11 is 1.59. The molecule has 0 aliphatic carbocycles. The largest absolute Gasteiger partial charge is 0.462 e. The number of nitrogens with one attached hydrogen (secondary N) is 1. The molecule has 8 nitrogen and oxygen atoms in total. The summed E-state index contributed by atoms with van der Waals surface area (Å²) in [6, 6.07) is 8.72. The van der Waals surface area contributed by atoms with Gasteiger partial charge in [0.2, 0.25) is 0 Å². The molecule has 0 radical (unpaired) electrons. The number of aromatic nitrogens is 2. The number of fused-ring (bicyclic) bond motifs is 1. The van der Waals surface area contributed by atoms with Gasteiger partial charge in [-0.25, -0.2) is 14.8 Å². The molecule has 1 aliphatic heterocycles. The summed E-state index contributed by atoms with van der Waals surface area (Å²) in [6.07, 6.45) is 0. The first kappa shape index (κ1) is 20.2. The molecule has 0 bridgehead atoms. The number of nitrogens with zero attached hydrogens (tertiary/aromatic N) is 3. The first-order chi connectivity index (χ1) is 14.5. The summed E-state index contributed by atoms with van der Waals surface area (Å²) < 4.78 is 11.4. The van der Waals surface area contributed by atoms with E-state index in [4.69, 9.17) is 9.47 Å². The minimum Gasteiger partial charge on any atom is -0.462 e. The molecule has 1 saturated heterocycles. The van der Waals surface area contributed by atoms with Crippen molar-refractivity contribution in [1.82, 2.24) is 9.97 Å². The monoisotopic (exact) mass is 426 g/mol. The van der Waals surface area contributed by atoms with Crippen molar-refractivity contribution in [3.05, 3.63) is 47.3 Å². The van der Waals surface area contributed by atoms with Crippen LogP contribution in [-0.4, -0.2) is 54.8 Å². The Hall–Kier alpha value is -3.04. The third-order valence-electron chi connectivity index (χ3n) is 4.73. The number of pyridine rings is 1. The topological polar surface area (TPSA) is 93.7 Å². The molecule has 0 spiro atoms. The van der Waals surface area contributed by atoms with Crippen LogP contribution in [0.1, 0.15) is 33.5 Å². The van der Waals surface area contributed by atoms with Gasteiger partial charge in [-0.2, -0.15) is 0 Å². The molecule has 4 rings (SSSR count). The summed E-state index contributed by atoms with van der Waals surface area (Å²) in [5, 5.41) is 3.83. The predicted octanol–water partition coefficient (Wildman–Crippen LogP) is 3.27. The Morgan fingerprint density at radius 3 is 2.73 bits per heavy atom. The summed E-state index contributed by atoms with van der Waals surface area (Å²) in [5.41, 5.74) is 2.61. The number of aryl methyl sites for hydroxylation is 1. The first-order valence-corrected chi connectivity index (χ1v) is 10.6. The van der Waals surface area contributed by atoms with Crippen molar-refractivity contribution in [3.63, 3.8) is 0 Å². The van der Waals surface area contributed by atoms with Crippen LogP contribution in [0.25, 0.3) is 10.2 Å². The third kappa shape index (κ3) is 4.27. The zero-order chi connectivity index (χ0) is 21.1. The van der Waals surface area contributed by atoms with Crippen molar-refractivity contribution in [3.8, 4) is 0 Å². The van der Waals surface area contributed by atoms with E-state index in [1.54, 1.807) is 31.3 Å². The number of esters is 1. The van der Waals surface area contributed by atoms with Crippen LogP contribution in [0.5, 0.6) is 0 Å². The molecule has 1 aliphatic rings. The van der Waals surface area contributed by atoms with Gasteiger partial charge in [-0.15, -0.1) is 0 Å². The number of ether oxygens (including phenoxy) is 2. The summed E-state index contributed by atoms with van der Waals surface area (Å²) in [4.78, 5) is 35.7. The van der Waals surface area contributed by atoms with Crippen LogP contribution in [0.15, 0.2) is 30.3 Å². The van der Waals surface area contributed by atoms with Crippen LogP contribution in [-0.2, 0) is 9.47 Å².